The van der Waals surface area contributed by atoms with Crippen molar-refractivity contribution in [1.82, 2.24) is 16.1 Å². The van der Waals surface area contributed by atoms with Gasteiger partial charge in [-0.2, -0.15) is 5.10 Å². The number of carbonyl (C=O) groups is 3. The Morgan fingerprint density at radius 2 is 1.81 bits per heavy atom. The Morgan fingerprint density at radius 1 is 1.02 bits per heavy atom. The first-order valence-corrected chi connectivity index (χ1v) is 15.3. The largest absolute Gasteiger partial charge is 0.493 e. The first-order valence-electron chi connectivity index (χ1n) is 14.5. The van der Waals surface area contributed by atoms with E-state index in [-0.39, 0.29) is 31.1 Å². The van der Waals surface area contributed by atoms with Gasteiger partial charge in [0.15, 0.2) is 18.1 Å². The summed E-state index contributed by atoms with van der Waals surface area (Å²) in [6.07, 6.45) is 3.82. The minimum absolute atomic E-state index is 0.179. The molecule has 0 aliphatic carbocycles. The summed E-state index contributed by atoms with van der Waals surface area (Å²) >= 11 is 12.2. The molecule has 3 aromatic rings. The second kappa shape index (κ2) is 16.5. The lowest BCUT2D eigenvalue weighted by Crippen LogP contribution is -2.45. The van der Waals surface area contributed by atoms with Gasteiger partial charge in [-0.15, -0.1) is 6.58 Å². The van der Waals surface area contributed by atoms with E-state index in [0.717, 1.165) is 16.7 Å². The lowest BCUT2D eigenvalue weighted by atomic mass is 9.95. The number of esters is 1. The van der Waals surface area contributed by atoms with Crippen LogP contribution in [0.5, 0.6) is 17.2 Å². The molecular formula is C34H34Cl2N4O7. The van der Waals surface area contributed by atoms with Crippen LogP contribution >= 0.6 is 23.2 Å². The summed E-state index contributed by atoms with van der Waals surface area (Å²) in [6.45, 7) is 7.23. The topological polar surface area (TPSA) is 137 Å². The highest BCUT2D eigenvalue weighted by molar-refractivity contribution is 6.35. The van der Waals surface area contributed by atoms with E-state index >= 15 is 0 Å². The number of rotatable bonds is 14. The monoisotopic (exact) mass is 680 g/mol. The number of carbonyl (C=O) groups excluding carboxylic acids is 3. The van der Waals surface area contributed by atoms with Crippen molar-refractivity contribution in [1.29, 1.82) is 0 Å². The number of benzene rings is 3. The Kier molecular flexibility index (Phi) is 12.3. The highest BCUT2D eigenvalue weighted by atomic mass is 35.5. The number of halogens is 2. The van der Waals surface area contributed by atoms with Crippen LogP contribution in [0.15, 0.2) is 83.6 Å². The van der Waals surface area contributed by atoms with E-state index in [1.165, 1.54) is 13.3 Å². The first kappa shape index (κ1) is 34.9. The predicted octanol–water partition coefficient (Wildman–Crippen LogP) is 6.03. The van der Waals surface area contributed by atoms with Gasteiger partial charge in [0.05, 0.1) is 31.5 Å². The molecule has 0 saturated carbocycles. The van der Waals surface area contributed by atoms with Gasteiger partial charge >= 0.3 is 12.0 Å². The third kappa shape index (κ3) is 9.27. The second-order valence-electron chi connectivity index (χ2n) is 10.2. The van der Waals surface area contributed by atoms with Crippen molar-refractivity contribution < 1.29 is 33.3 Å². The van der Waals surface area contributed by atoms with E-state index in [9.17, 15) is 14.4 Å². The van der Waals surface area contributed by atoms with E-state index in [0.29, 0.717) is 39.2 Å². The van der Waals surface area contributed by atoms with Crippen molar-refractivity contribution in [2.75, 3.05) is 20.3 Å². The number of ether oxygens (including phenoxy) is 4. The van der Waals surface area contributed by atoms with Crippen LogP contribution < -0.4 is 30.3 Å². The first-order chi connectivity index (χ1) is 22.6. The molecule has 1 atom stereocenters. The Morgan fingerprint density at radius 3 is 2.53 bits per heavy atom. The van der Waals surface area contributed by atoms with Crippen molar-refractivity contribution in [2.24, 2.45) is 5.10 Å². The maximum absolute atomic E-state index is 12.6. The summed E-state index contributed by atoms with van der Waals surface area (Å²) in [4.78, 5) is 37.3. The van der Waals surface area contributed by atoms with Crippen LogP contribution in [0.25, 0.3) is 0 Å². The number of hydrogen-bond donors (Lipinski definition) is 3. The zero-order valence-corrected chi connectivity index (χ0v) is 27.5. The second-order valence-corrected chi connectivity index (χ2v) is 11.0. The molecule has 3 aromatic carbocycles. The summed E-state index contributed by atoms with van der Waals surface area (Å²) in [5, 5.41) is 10.4. The Hall–Kier alpha value is -5.00. The molecule has 1 heterocycles. The van der Waals surface area contributed by atoms with Crippen LogP contribution in [-0.4, -0.2) is 44.4 Å². The minimum atomic E-state index is -0.780. The molecule has 11 nitrogen and oxygen atoms in total. The highest BCUT2D eigenvalue weighted by Crippen LogP contribution is 2.34. The number of hydrogen-bond acceptors (Lipinski definition) is 8. The van der Waals surface area contributed by atoms with E-state index in [2.05, 4.69) is 27.7 Å². The standard InChI is InChI=1S/C34H34Cl2N4O7/c1-5-7-22-14-21(8-12-27(22)46-18-24-9-11-25(35)16-26(24)36)17-37-40-30(41)19-47-28-13-10-23(15-29(28)44-4)32-31(33(42)45-6-2)20(3)38-34(43)39-32/h5,8-17,32H,1,6-7,18-19H2,2-4H3,(H,40,41)(H2,38,39,43)/b37-17-/t32-/m1/s1. The summed E-state index contributed by atoms with van der Waals surface area (Å²) in [5.74, 6) is 0.171. The van der Waals surface area contributed by atoms with Crippen molar-refractivity contribution >= 4 is 47.3 Å². The minimum Gasteiger partial charge on any atom is -0.493 e. The van der Waals surface area contributed by atoms with Gasteiger partial charge in [0.25, 0.3) is 5.91 Å². The lowest BCUT2D eigenvalue weighted by Gasteiger charge is -2.28. The van der Waals surface area contributed by atoms with Crippen LogP contribution in [0.2, 0.25) is 10.0 Å². The third-order valence-corrected chi connectivity index (χ3v) is 7.48. The third-order valence-electron chi connectivity index (χ3n) is 6.89. The Balaban J connectivity index is 1.37. The van der Waals surface area contributed by atoms with Crippen LogP contribution in [0, 0.1) is 0 Å². The molecule has 1 aliphatic heterocycles. The summed E-state index contributed by atoms with van der Waals surface area (Å²) in [7, 11) is 1.44. The molecule has 0 saturated heterocycles. The molecule has 13 heteroatoms. The van der Waals surface area contributed by atoms with E-state index in [4.69, 9.17) is 42.1 Å². The fourth-order valence-corrected chi connectivity index (χ4v) is 5.15. The molecule has 246 valence electrons. The quantitative estimate of drug-likeness (QED) is 0.0819. The molecule has 0 spiro atoms. The molecule has 3 N–H and O–H groups in total. The molecule has 4 rings (SSSR count). The van der Waals surface area contributed by atoms with Gasteiger partial charge in [0, 0.05) is 21.3 Å². The molecule has 0 fully saturated rings. The van der Waals surface area contributed by atoms with Gasteiger partial charge in [-0.25, -0.2) is 15.0 Å². The number of urea groups is 1. The predicted molar refractivity (Wildman–Crippen MR) is 179 cm³/mol. The maximum Gasteiger partial charge on any atom is 0.338 e. The normalized spacial score (nSPS) is 14.2. The van der Waals surface area contributed by atoms with E-state index in [1.54, 1.807) is 56.3 Å². The van der Waals surface area contributed by atoms with Gasteiger partial charge in [-0.05, 0) is 79.4 Å². The summed E-state index contributed by atoms with van der Waals surface area (Å²) in [6, 6.07) is 14.4. The van der Waals surface area contributed by atoms with Gasteiger partial charge < -0.3 is 29.6 Å². The van der Waals surface area contributed by atoms with Gasteiger partial charge in [-0.3, -0.25) is 4.79 Å². The van der Waals surface area contributed by atoms with Crippen molar-refractivity contribution in [3.8, 4) is 17.2 Å². The molecule has 3 amide bonds. The summed E-state index contributed by atoms with van der Waals surface area (Å²) in [5.41, 5.74) is 6.06. The molecule has 1 aliphatic rings. The fourth-order valence-electron chi connectivity index (χ4n) is 4.69. The lowest BCUT2D eigenvalue weighted by molar-refractivity contribution is -0.139. The molecular weight excluding hydrogens is 647 g/mol. The molecule has 47 heavy (non-hydrogen) atoms. The maximum atomic E-state index is 12.6. The highest BCUT2D eigenvalue weighted by Gasteiger charge is 2.32. The molecule has 0 aromatic heterocycles. The Bertz CT molecular complexity index is 1720. The zero-order chi connectivity index (χ0) is 33.9. The average molecular weight is 682 g/mol. The average Bonchev–Trinajstić information content (AvgIpc) is 3.04. The number of methoxy groups -OCH3 is 1. The number of nitrogens with one attached hydrogen (secondary N) is 3. The van der Waals surface area contributed by atoms with Crippen LogP contribution in [0.1, 0.15) is 42.1 Å². The molecule has 0 unspecified atom stereocenters. The summed E-state index contributed by atoms with van der Waals surface area (Å²) < 4.78 is 22.3. The zero-order valence-electron chi connectivity index (χ0n) is 26.0. The number of nitrogens with zero attached hydrogens (tertiary/aromatic N) is 1. The smallest absolute Gasteiger partial charge is 0.338 e. The van der Waals surface area contributed by atoms with Crippen molar-refractivity contribution in [2.45, 2.75) is 32.9 Å². The number of hydrazone groups is 1. The van der Waals surface area contributed by atoms with E-state index < -0.39 is 23.9 Å². The van der Waals surface area contributed by atoms with Crippen molar-refractivity contribution in [3.05, 3.63) is 111 Å². The number of allylic oxidation sites excluding steroid dienone is 2. The molecule has 0 radical (unpaired) electrons. The van der Waals surface area contributed by atoms with Gasteiger partial charge in [0.2, 0.25) is 0 Å². The van der Waals surface area contributed by atoms with Gasteiger partial charge in [0.1, 0.15) is 12.4 Å². The SMILES string of the molecule is C=CCc1cc(/C=N\NC(=O)COc2ccc([C@H]3NC(=O)NC(C)=C3C(=O)OCC)cc2OC)ccc1OCc1ccc(Cl)cc1Cl. The van der Waals surface area contributed by atoms with Crippen LogP contribution in [0.4, 0.5) is 4.79 Å². The van der Waals surface area contributed by atoms with E-state index in [1.807, 2.05) is 18.2 Å². The molecule has 0 bridgehead atoms. The number of amides is 3. The Labute approximate surface area is 282 Å². The van der Waals surface area contributed by atoms with Crippen LogP contribution in [-0.2, 0) is 27.4 Å². The van der Waals surface area contributed by atoms with Crippen molar-refractivity contribution in [3.63, 3.8) is 0 Å². The fraction of sp³-hybridized carbons (Fsp3) is 0.235. The van der Waals surface area contributed by atoms with Crippen LogP contribution in [0.3, 0.4) is 0 Å². The van der Waals surface area contributed by atoms with Gasteiger partial charge in [-0.1, -0.05) is 41.4 Å².